The Morgan fingerprint density at radius 2 is 1.87 bits per heavy atom. The van der Waals surface area contributed by atoms with Crippen molar-refractivity contribution in [3.05, 3.63) is 29.3 Å². The van der Waals surface area contributed by atoms with Crippen molar-refractivity contribution in [2.45, 2.75) is 33.2 Å². The van der Waals surface area contributed by atoms with Gasteiger partial charge < -0.3 is 10.4 Å². The molecule has 0 saturated carbocycles. The largest absolute Gasteiger partial charge is 0.480 e. The summed E-state index contributed by atoms with van der Waals surface area (Å²) < 4.78 is 25.0. The van der Waals surface area contributed by atoms with Crippen LogP contribution in [0.2, 0.25) is 0 Å². The van der Waals surface area contributed by atoms with E-state index in [0.29, 0.717) is 12.0 Å². The summed E-state index contributed by atoms with van der Waals surface area (Å²) in [5, 5.41) is 11.6. The van der Waals surface area contributed by atoms with E-state index in [4.69, 9.17) is 5.11 Å². The Bertz CT molecular complexity index is 698. The predicted octanol–water partition coefficient (Wildman–Crippen LogP) is 1.60. The van der Waals surface area contributed by atoms with Crippen LogP contribution in [0.3, 0.4) is 0 Å². The first kappa shape index (κ1) is 19.0. The first-order chi connectivity index (χ1) is 10.5. The molecule has 1 atom stereocenters. The number of amides is 1. The average Bonchev–Trinajstić information content (AvgIpc) is 2.38. The maximum Gasteiger partial charge on any atom is 0.326 e. The number of carbonyl (C=O) groups excluding carboxylic acids is 1. The van der Waals surface area contributed by atoms with E-state index in [1.165, 1.54) is 12.1 Å². The first-order valence-corrected chi connectivity index (χ1v) is 9.01. The van der Waals surface area contributed by atoms with E-state index in [9.17, 15) is 18.0 Å². The number of sulfonamides is 1. The van der Waals surface area contributed by atoms with Crippen molar-refractivity contribution in [3.63, 3.8) is 0 Å². The van der Waals surface area contributed by atoms with Crippen LogP contribution < -0.4 is 10.0 Å². The van der Waals surface area contributed by atoms with Crippen LogP contribution in [0, 0.1) is 12.8 Å². The Morgan fingerprint density at radius 3 is 2.35 bits per heavy atom. The minimum absolute atomic E-state index is 0.108. The Balaban J connectivity index is 2.99. The highest BCUT2D eigenvalue weighted by Gasteiger charge is 2.22. The summed E-state index contributed by atoms with van der Waals surface area (Å²) in [6, 6.07) is 3.52. The first-order valence-electron chi connectivity index (χ1n) is 7.11. The zero-order valence-corrected chi connectivity index (χ0v) is 14.4. The van der Waals surface area contributed by atoms with E-state index in [0.717, 1.165) is 6.26 Å². The summed E-state index contributed by atoms with van der Waals surface area (Å²) in [5.74, 6) is -1.56. The Labute approximate surface area is 136 Å². The van der Waals surface area contributed by atoms with Crippen molar-refractivity contribution < 1.29 is 23.1 Å². The molecule has 0 heterocycles. The molecule has 0 aliphatic rings. The van der Waals surface area contributed by atoms with Gasteiger partial charge in [0.1, 0.15) is 6.04 Å². The number of carboxylic acid groups (broad SMARTS) is 1. The molecule has 3 N–H and O–H groups in total. The number of benzene rings is 1. The Morgan fingerprint density at radius 1 is 1.26 bits per heavy atom. The van der Waals surface area contributed by atoms with Crippen LogP contribution >= 0.6 is 0 Å². The Hall–Kier alpha value is -2.09. The van der Waals surface area contributed by atoms with Crippen LogP contribution in [0.25, 0.3) is 0 Å². The fraction of sp³-hybridized carbons (Fsp3) is 0.467. The fourth-order valence-electron chi connectivity index (χ4n) is 2.01. The summed E-state index contributed by atoms with van der Waals surface area (Å²) in [6.07, 6.45) is 1.32. The van der Waals surface area contributed by atoms with Crippen molar-refractivity contribution in [3.8, 4) is 0 Å². The van der Waals surface area contributed by atoms with E-state index >= 15 is 0 Å². The lowest BCUT2D eigenvalue weighted by Gasteiger charge is -2.17. The molecular weight excluding hydrogens is 320 g/mol. The van der Waals surface area contributed by atoms with Crippen LogP contribution in [-0.2, 0) is 14.8 Å². The fourth-order valence-corrected chi connectivity index (χ4v) is 2.63. The highest BCUT2D eigenvalue weighted by atomic mass is 32.2. The van der Waals surface area contributed by atoms with Gasteiger partial charge in [-0.1, -0.05) is 19.9 Å². The SMILES string of the molecule is Cc1ccc(C(=O)N[C@@H](CC(C)C)C(=O)O)cc1NS(C)(=O)=O. The van der Waals surface area contributed by atoms with Crippen LogP contribution in [0.1, 0.15) is 36.2 Å². The number of rotatable bonds is 7. The van der Waals surface area contributed by atoms with Crippen molar-refractivity contribution in [1.82, 2.24) is 5.32 Å². The summed E-state index contributed by atoms with van der Waals surface area (Å²) in [5.41, 5.74) is 1.14. The van der Waals surface area contributed by atoms with Gasteiger partial charge in [-0.3, -0.25) is 9.52 Å². The smallest absolute Gasteiger partial charge is 0.326 e. The third-order valence-electron chi connectivity index (χ3n) is 3.11. The molecule has 0 aliphatic heterocycles. The zero-order valence-electron chi connectivity index (χ0n) is 13.6. The molecule has 1 amide bonds. The molecular formula is C15H22N2O5S. The number of carboxylic acids is 1. The number of hydrogen-bond donors (Lipinski definition) is 3. The summed E-state index contributed by atoms with van der Waals surface area (Å²) in [6.45, 7) is 5.43. The molecule has 1 aromatic rings. The quantitative estimate of drug-likeness (QED) is 0.696. The van der Waals surface area contributed by atoms with Crippen LogP contribution in [0.5, 0.6) is 0 Å². The maximum absolute atomic E-state index is 12.2. The van der Waals surface area contributed by atoms with Crippen molar-refractivity contribution in [1.29, 1.82) is 0 Å². The molecule has 7 nitrogen and oxygen atoms in total. The average molecular weight is 342 g/mol. The van der Waals surface area contributed by atoms with E-state index in [1.807, 2.05) is 13.8 Å². The van der Waals surface area contributed by atoms with Gasteiger partial charge >= 0.3 is 5.97 Å². The van der Waals surface area contributed by atoms with Gasteiger partial charge in [-0.25, -0.2) is 13.2 Å². The van der Waals surface area contributed by atoms with Crippen LogP contribution in [0.15, 0.2) is 18.2 Å². The van der Waals surface area contributed by atoms with Crippen molar-refractivity contribution >= 4 is 27.6 Å². The molecule has 0 unspecified atom stereocenters. The van der Waals surface area contributed by atoms with Gasteiger partial charge in [-0.05, 0) is 37.0 Å². The molecule has 0 saturated heterocycles. The summed E-state index contributed by atoms with van der Waals surface area (Å²) in [7, 11) is -3.47. The maximum atomic E-state index is 12.2. The summed E-state index contributed by atoms with van der Waals surface area (Å²) in [4.78, 5) is 23.4. The molecule has 8 heteroatoms. The topological polar surface area (TPSA) is 113 Å². The second kappa shape index (κ2) is 7.45. The predicted molar refractivity (Wildman–Crippen MR) is 88.0 cm³/mol. The molecule has 128 valence electrons. The van der Waals surface area contributed by atoms with Gasteiger partial charge in [0.2, 0.25) is 10.0 Å². The van der Waals surface area contributed by atoms with E-state index in [2.05, 4.69) is 10.0 Å². The minimum atomic E-state index is -3.47. The number of aliphatic carboxylic acids is 1. The molecule has 0 fully saturated rings. The van der Waals surface area contributed by atoms with Gasteiger partial charge in [-0.15, -0.1) is 0 Å². The number of anilines is 1. The number of hydrogen-bond acceptors (Lipinski definition) is 4. The second-order valence-electron chi connectivity index (χ2n) is 5.90. The molecule has 1 rings (SSSR count). The highest BCUT2D eigenvalue weighted by Crippen LogP contribution is 2.18. The molecule has 0 spiro atoms. The number of aryl methyl sites for hydroxylation is 1. The lowest BCUT2D eigenvalue weighted by atomic mass is 10.0. The molecule has 0 radical (unpaired) electrons. The molecule has 1 aromatic carbocycles. The Kier molecular flexibility index (Phi) is 6.14. The van der Waals surface area contributed by atoms with Gasteiger partial charge in [0, 0.05) is 5.56 Å². The number of nitrogens with one attached hydrogen (secondary N) is 2. The number of carbonyl (C=O) groups is 2. The third kappa shape index (κ3) is 6.27. The standard InChI is InChI=1S/C15H22N2O5S/c1-9(2)7-13(15(19)20)16-14(18)11-6-5-10(3)12(8-11)17-23(4,21)22/h5-6,8-9,13,17H,7H2,1-4H3,(H,16,18)(H,19,20)/t13-/m0/s1. The third-order valence-corrected chi connectivity index (χ3v) is 3.70. The van der Waals surface area contributed by atoms with Gasteiger partial charge in [-0.2, -0.15) is 0 Å². The van der Waals surface area contributed by atoms with Gasteiger partial charge in [0.05, 0.1) is 11.9 Å². The van der Waals surface area contributed by atoms with Gasteiger partial charge in [0.15, 0.2) is 0 Å². The van der Waals surface area contributed by atoms with Gasteiger partial charge in [0.25, 0.3) is 5.91 Å². The van der Waals surface area contributed by atoms with Crippen LogP contribution in [-0.4, -0.2) is 37.7 Å². The zero-order chi connectivity index (χ0) is 17.8. The minimum Gasteiger partial charge on any atom is -0.480 e. The lowest BCUT2D eigenvalue weighted by molar-refractivity contribution is -0.139. The lowest BCUT2D eigenvalue weighted by Crippen LogP contribution is -2.41. The van der Waals surface area contributed by atoms with Crippen molar-refractivity contribution in [2.24, 2.45) is 5.92 Å². The van der Waals surface area contributed by atoms with Crippen molar-refractivity contribution in [2.75, 3.05) is 11.0 Å². The normalized spacial score (nSPS) is 12.7. The molecule has 0 aromatic heterocycles. The summed E-state index contributed by atoms with van der Waals surface area (Å²) >= 11 is 0. The second-order valence-corrected chi connectivity index (χ2v) is 7.65. The van der Waals surface area contributed by atoms with E-state index < -0.39 is 27.9 Å². The molecule has 0 bridgehead atoms. The molecule has 23 heavy (non-hydrogen) atoms. The highest BCUT2D eigenvalue weighted by molar-refractivity contribution is 7.92. The van der Waals surface area contributed by atoms with Crippen LogP contribution in [0.4, 0.5) is 5.69 Å². The van der Waals surface area contributed by atoms with E-state index in [1.54, 1.807) is 13.0 Å². The monoisotopic (exact) mass is 342 g/mol. The van der Waals surface area contributed by atoms with E-state index in [-0.39, 0.29) is 17.2 Å². The molecule has 0 aliphatic carbocycles.